The summed E-state index contributed by atoms with van der Waals surface area (Å²) in [6.45, 7) is 9.61. The van der Waals surface area contributed by atoms with Crippen molar-refractivity contribution in [3.05, 3.63) is 23.8 Å². The van der Waals surface area contributed by atoms with Crippen molar-refractivity contribution in [3.63, 3.8) is 0 Å². The largest absolute Gasteiger partial charge is 0.491 e. The normalized spacial score (nSPS) is 11.5. The van der Waals surface area contributed by atoms with Crippen molar-refractivity contribution in [3.8, 4) is 5.75 Å². The van der Waals surface area contributed by atoms with Gasteiger partial charge in [-0.15, -0.1) is 0 Å². The molecule has 0 amide bonds. The summed E-state index contributed by atoms with van der Waals surface area (Å²) in [6, 6.07) is 6.06. The van der Waals surface area contributed by atoms with Crippen LogP contribution in [0.15, 0.2) is 18.2 Å². The van der Waals surface area contributed by atoms with E-state index in [1.165, 1.54) is 12.0 Å². The second kappa shape index (κ2) is 5.95. The maximum atomic E-state index is 5.94. The summed E-state index contributed by atoms with van der Waals surface area (Å²) in [6.07, 6.45) is 3.24. The van der Waals surface area contributed by atoms with Crippen LogP contribution >= 0.6 is 0 Å². The molecule has 0 aliphatic rings. The molecule has 1 aromatic carbocycles. The summed E-state index contributed by atoms with van der Waals surface area (Å²) in [5.74, 6) is 0.816. The van der Waals surface area contributed by atoms with Crippen LogP contribution in [0, 0.1) is 5.41 Å². The molecule has 0 atom stereocenters. The molecule has 0 heterocycles. The minimum Gasteiger partial charge on any atom is -0.491 e. The first-order valence-electron chi connectivity index (χ1n) is 6.43. The highest BCUT2D eigenvalue weighted by Gasteiger charge is 2.09. The molecule has 0 aliphatic carbocycles. The molecule has 0 spiro atoms. The van der Waals surface area contributed by atoms with E-state index >= 15 is 0 Å². The summed E-state index contributed by atoms with van der Waals surface area (Å²) in [7, 11) is 0. The van der Waals surface area contributed by atoms with Gasteiger partial charge in [-0.05, 0) is 42.4 Å². The zero-order valence-corrected chi connectivity index (χ0v) is 11.5. The van der Waals surface area contributed by atoms with Crippen LogP contribution in [-0.4, -0.2) is 6.61 Å². The molecule has 1 aromatic rings. The molecule has 0 unspecified atom stereocenters. The van der Waals surface area contributed by atoms with E-state index in [0.717, 1.165) is 30.9 Å². The quantitative estimate of drug-likeness (QED) is 0.617. The zero-order chi connectivity index (χ0) is 12.9. The Morgan fingerprint density at radius 1 is 1.24 bits per heavy atom. The number of rotatable bonds is 5. The first kappa shape index (κ1) is 13.9. The zero-order valence-electron chi connectivity index (χ0n) is 11.5. The van der Waals surface area contributed by atoms with Crippen molar-refractivity contribution >= 4 is 5.69 Å². The number of aryl methyl sites for hydroxylation is 1. The first-order chi connectivity index (χ1) is 7.92. The van der Waals surface area contributed by atoms with E-state index in [1.807, 2.05) is 12.1 Å². The van der Waals surface area contributed by atoms with E-state index in [2.05, 4.69) is 33.8 Å². The molecule has 2 nitrogen and oxygen atoms in total. The number of nitrogens with two attached hydrogens (primary N) is 1. The van der Waals surface area contributed by atoms with Crippen LogP contribution < -0.4 is 10.5 Å². The molecule has 96 valence electrons. The van der Waals surface area contributed by atoms with Gasteiger partial charge < -0.3 is 10.5 Å². The molecule has 0 fully saturated rings. The maximum Gasteiger partial charge on any atom is 0.142 e. The maximum absolute atomic E-state index is 5.94. The van der Waals surface area contributed by atoms with Crippen LogP contribution in [-0.2, 0) is 6.42 Å². The number of hydrogen-bond donors (Lipinski definition) is 1. The Labute approximate surface area is 105 Å². The number of anilines is 1. The average Bonchev–Trinajstić information content (AvgIpc) is 2.24. The van der Waals surface area contributed by atoms with Gasteiger partial charge in [0.2, 0.25) is 0 Å². The van der Waals surface area contributed by atoms with Gasteiger partial charge in [-0.25, -0.2) is 0 Å². The van der Waals surface area contributed by atoms with Gasteiger partial charge in [-0.1, -0.05) is 33.8 Å². The highest BCUT2D eigenvalue weighted by molar-refractivity contribution is 5.54. The summed E-state index contributed by atoms with van der Waals surface area (Å²) < 4.78 is 5.71. The van der Waals surface area contributed by atoms with Crippen molar-refractivity contribution in [2.45, 2.75) is 47.0 Å². The third-order valence-electron chi connectivity index (χ3n) is 2.81. The summed E-state index contributed by atoms with van der Waals surface area (Å²) in [5.41, 5.74) is 8.32. The van der Waals surface area contributed by atoms with Crippen LogP contribution in [0.2, 0.25) is 0 Å². The Bertz CT molecular complexity index is 352. The third kappa shape index (κ3) is 5.12. The number of ether oxygens (including phenoxy) is 1. The van der Waals surface area contributed by atoms with Crippen LogP contribution in [0.3, 0.4) is 0 Å². The molecule has 0 bridgehead atoms. The fourth-order valence-corrected chi connectivity index (χ4v) is 1.73. The summed E-state index contributed by atoms with van der Waals surface area (Å²) in [5, 5.41) is 0. The molecule has 2 N–H and O–H groups in total. The fraction of sp³-hybridized carbons (Fsp3) is 0.600. The Balaban J connectivity index is 2.42. The molecule has 2 heteroatoms. The predicted molar refractivity (Wildman–Crippen MR) is 74.4 cm³/mol. The lowest BCUT2D eigenvalue weighted by atomic mass is 9.91. The van der Waals surface area contributed by atoms with E-state index in [-0.39, 0.29) is 0 Å². The minimum absolute atomic E-state index is 0.376. The SMILES string of the molecule is CCc1ccc(OCCCC(C)(C)C)c(N)c1. The van der Waals surface area contributed by atoms with Crippen molar-refractivity contribution < 1.29 is 4.74 Å². The molecule has 0 saturated heterocycles. The topological polar surface area (TPSA) is 35.2 Å². The van der Waals surface area contributed by atoms with E-state index in [1.54, 1.807) is 0 Å². The van der Waals surface area contributed by atoms with Crippen molar-refractivity contribution in [2.75, 3.05) is 12.3 Å². The standard InChI is InChI=1S/C15H25NO/c1-5-12-7-8-14(13(16)11-12)17-10-6-9-15(2,3)4/h7-8,11H,5-6,9-10,16H2,1-4H3. The average molecular weight is 235 g/mol. The highest BCUT2D eigenvalue weighted by atomic mass is 16.5. The van der Waals surface area contributed by atoms with Gasteiger partial charge in [0.15, 0.2) is 0 Å². The lowest BCUT2D eigenvalue weighted by Crippen LogP contribution is -2.08. The van der Waals surface area contributed by atoms with Gasteiger partial charge in [0.1, 0.15) is 5.75 Å². The lowest BCUT2D eigenvalue weighted by molar-refractivity contribution is 0.270. The molecule has 0 radical (unpaired) electrons. The van der Waals surface area contributed by atoms with Crippen molar-refractivity contribution in [1.29, 1.82) is 0 Å². The Morgan fingerprint density at radius 2 is 1.94 bits per heavy atom. The van der Waals surface area contributed by atoms with Crippen LogP contribution in [0.4, 0.5) is 5.69 Å². The first-order valence-corrected chi connectivity index (χ1v) is 6.43. The Kier molecular flexibility index (Phi) is 4.86. The molecule has 17 heavy (non-hydrogen) atoms. The van der Waals surface area contributed by atoms with Gasteiger partial charge in [-0.3, -0.25) is 0 Å². The van der Waals surface area contributed by atoms with E-state index in [0.29, 0.717) is 5.41 Å². The molecule has 0 saturated carbocycles. The Hall–Kier alpha value is -1.18. The van der Waals surface area contributed by atoms with Crippen molar-refractivity contribution in [1.82, 2.24) is 0 Å². The second-order valence-electron chi connectivity index (χ2n) is 5.74. The minimum atomic E-state index is 0.376. The van der Waals surface area contributed by atoms with Gasteiger partial charge >= 0.3 is 0 Å². The monoisotopic (exact) mass is 235 g/mol. The van der Waals surface area contributed by atoms with Gasteiger partial charge in [-0.2, -0.15) is 0 Å². The Morgan fingerprint density at radius 3 is 2.47 bits per heavy atom. The number of nitrogen functional groups attached to an aromatic ring is 1. The second-order valence-corrected chi connectivity index (χ2v) is 5.74. The van der Waals surface area contributed by atoms with Gasteiger partial charge in [0.05, 0.1) is 12.3 Å². The number of hydrogen-bond acceptors (Lipinski definition) is 2. The molecule has 1 rings (SSSR count). The highest BCUT2D eigenvalue weighted by Crippen LogP contribution is 2.24. The molecule has 0 aliphatic heterocycles. The van der Waals surface area contributed by atoms with Gasteiger partial charge in [0, 0.05) is 0 Å². The molecular formula is C15H25NO. The van der Waals surface area contributed by atoms with Crippen LogP contribution in [0.25, 0.3) is 0 Å². The van der Waals surface area contributed by atoms with E-state index < -0.39 is 0 Å². The van der Waals surface area contributed by atoms with E-state index in [9.17, 15) is 0 Å². The lowest BCUT2D eigenvalue weighted by Gasteiger charge is -2.18. The van der Waals surface area contributed by atoms with E-state index in [4.69, 9.17) is 10.5 Å². The van der Waals surface area contributed by atoms with Crippen LogP contribution in [0.1, 0.15) is 46.1 Å². The number of benzene rings is 1. The molecule has 0 aromatic heterocycles. The summed E-state index contributed by atoms with van der Waals surface area (Å²) >= 11 is 0. The van der Waals surface area contributed by atoms with Gasteiger partial charge in [0.25, 0.3) is 0 Å². The third-order valence-corrected chi connectivity index (χ3v) is 2.81. The smallest absolute Gasteiger partial charge is 0.142 e. The fourth-order valence-electron chi connectivity index (χ4n) is 1.73. The summed E-state index contributed by atoms with van der Waals surface area (Å²) in [4.78, 5) is 0. The van der Waals surface area contributed by atoms with Crippen molar-refractivity contribution in [2.24, 2.45) is 5.41 Å². The molecular weight excluding hydrogens is 210 g/mol. The van der Waals surface area contributed by atoms with Crippen LogP contribution in [0.5, 0.6) is 5.75 Å². The predicted octanol–water partition coefficient (Wildman–Crippen LogP) is 4.04.